The number of carbonyl (C=O) groups is 1. The molecule has 0 bridgehead atoms. The number of amides is 1. The third-order valence-electron chi connectivity index (χ3n) is 2.68. The Labute approximate surface area is 126 Å². The largest absolute Gasteiger partial charge is 0.320 e. The number of nitrogens with two attached hydrogens (primary N) is 1. The van der Waals surface area contributed by atoms with Gasteiger partial charge >= 0.3 is 0 Å². The smallest absolute Gasteiger partial charge is 0.255 e. The maximum atomic E-state index is 13.7. The minimum Gasteiger partial charge on any atom is -0.320 e. The van der Waals surface area contributed by atoms with Crippen molar-refractivity contribution in [3.63, 3.8) is 0 Å². The number of hydrogen-bond acceptors (Lipinski definition) is 2. The van der Waals surface area contributed by atoms with E-state index in [9.17, 15) is 9.18 Å². The van der Waals surface area contributed by atoms with Crippen molar-refractivity contribution >= 4 is 23.2 Å². The fourth-order valence-corrected chi connectivity index (χ4v) is 1.83. The summed E-state index contributed by atoms with van der Waals surface area (Å²) in [5, 5.41) is 2.43. The van der Waals surface area contributed by atoms with E-state index in [2.05, 4.69) is 17.2 Å². The van der Waals surface area contributed by atoms with Gasteiger partial charge in [0.2, 0.25) is 0 Å². The lowest BCUT2D eigenvalue weighted by molar-refractivity contribution is 0.102. The van der Waals surface area contributed by atoms with Crippen LogP contribution in [-0.2, 0) is 0 Å². The highest BCUT2D eigenvalue weighted by molar-refractivity contribution is 6.31. The van der Waals surface area contributed by atoms with Crippen LogP contribution in [0.1, 0.15) is 15.9 Å². The van der Waals surface area contributed by atoms with Gasteiger partial charge in [0.05, 0.1) is 17.3 Å². The van der Waals surface area contributed by atoms with Crippen LogP contribution < -0.4 is 11.1 Å². The van der Waals surface area contributed by atoms with E-state index in [1.165, 1.54) is 12.1 Å². The van der Waals surface area contributed by atoms with Crippen molar-refractivity contribution in [2.75, 3.05) is 11.9 Å². The van der Waals surface area contributed by atoms with Crippen LogP contribution in [-0.4, -0.2) is 12.5 Å². The number of nitrogens with one attached hydrogen (secondary N) is 1. The van der Waals surface area contributed by atoms with E-state index in [1.54, 1.807) is 30.3 Å². The normalized spacial score (nSPS) is 9.67. The van der Waals surface area contributed by atoms with Crippen molar-refractivity contribution in [3.8, 4) is 11.8 Å². The number of hydrogen-bond donors (Lipinski definition) is 2. The highest BCUT2D eigenvalue weighted by Gasteiger charge is 2.11. The molecule has 3 N–H and O–H groups in total. The van der Waals surface area contributed by atoms with Crippen molar-refractivity contribution in [1.29, 1.82) is 0 Å². The van der Waals surface area contributed by atoms with Gasteiger partial charge in [0.1, 0.15) is 0 Å². The summed E-state index contributed by atoms with van der Waals surface area (Å²) in [5.74, 6) is 4.50. The van der Waals surface area contributed by atoms with Crippen LogP contribution in [0, 0.1) is 17.7 Å². The molecule has 0 heterocycles. The van der Waals surface area contributed by atoms with Crippen LogP contribution in [0.5, 0.6) is 0 Å². The first-order valence-corrected chi connectivity index (χ1v) is 6.54. The van der Waals surface area contributed by atoms with Gasteiger partial charge in [-0.2, -0.15) is 0 Å². The van der Waals surface area contributed by atoms with Crippen molar-refractivity contribution in [2.24, 2.45) is 5.73 Å². The van der Waals surface area contributed by atoms with E-state index < -0.39 is 11.7 Å². The Bertz CT molecular complexity index is 717. The Morgan fingerprint density at radius 1 is 1.24 bits per heavy atom. The number of rotatable bonds is 2. The van der Waals surface area contributed by atoms with Crippen molar-refractivity contribution in [1.82, 2.24) is 0 Å². The predicted octanol–water partition coefficient (Wildman–Crippen LogP) is 3.04. The van der Waals surface area contributed by atoms with E-state index in [-0.39, 0.29) is 17.3 Å². The highest BCUT2D eigenvalue weighted by atomic mass is 35.5. The van der Waals surface area contributed by atoms with Crippen molar-refractivity contribution in [3.05, 3.63) is 64.4 Å². The summed E-state index contributed by atoms with van der Waals surface area (Å²) in [6, 6.07) is 11.0. The van der Waals surface area contributed by atoms with Gasteiger partial charge in [-0.3, -0.25) is 4.79 Å². The molecule has 0 saturated carbocycles. The third-order valence-corrected chi connectivity index (χ3v) is 2.97. The van der Waals surface area contributed by atoms with Crippen LogP contribution in [0.2, 0.25) is 5.02 Å². The lowest BCUT2D eigenvalue weighted by Gasteiger charge is -2.07. The fourth-order valence-electron chi connectivity index (χ4n) is 1.65. The Balaban J connectivity index is 2.15. The second kappa shape index (κ2) is 6.89. The zero-order chi connectivity index (χ0) is 15.2. The number of benzene rings is 2. The summed E-state index contributed by atoms with van der Waals surface area (Å²) in [6.45, 7) is 0.274. The summed E-state index contributed by atoms with van der Waals surface area (Å²) in [6.07, 6.45) is 0. The average molecular weight is 303 g/mol. The molecule has 0 radical (unpaired) electrons. The molecule has 0 aliphatic carbocycles. The molecule has 0 aromatic heterocycles. The van der Waals surface area contributed by atoms with Gasteiger partial charge in [-0.05, 0) is 36.4 Å². The average Bonchev–Trinajstić information content (AvgIpc) is 2.50. The van der Waals surface area contributed by atoms with Crippen LogP contribution in [0.15, 0.2) is 42.5 Å². The minimum absolute atomic E-state index is 0.0412. The lowest BCUT2D eigenvalue weighted by atomic mass is 10.1. The van der Waals surface area contributed by atoms with Gasteiger partial charge in [-0.1, -0.05) is 29.5 Å². The molecule has 2 aromatic carbocycles. The summed E-state index contributed by atoms with van der Waals surface area (Å²) >= 11 is 5.66. The summed E-state index contributed by atoms with van der Waals surface area (Å²) in [5.41, 5.74) is 6.48. The Kier molecular flexibility index (Phi) is 4.94. The molecular weight excluding hydrogens is 291 g/mol. The first-order chi connectivity index (χ1) is 10.1. The lowest BCUT2D eigenvalue weighted by Crippen LogP contribution is -2.13. The molecule has 0 aliphatic rings. The zero-order valence-corrected chi connectivity index (χ0v) is 11.7. The van der Waals surface area contributed by atoms with Gasteiger partial charge in [0.25, 0.3) is 5.91 Å². The summed E-state index contributed by atoms with van der Waals surface area (Å²) < 4.78 is 13.7. The van der Waals surface area contributed by atoms with Gasteiger partial charge in [0, 0.05) is 11.1 Å². The maximum Gasteiger partial charge on any atom is 0.255 e. The number of anilines is 1. The van der Waals surface area contributed by atoms with Crippen LogP contribution in [0.3, 0.4) is 0 Å². The number of carbonyl (C=O) groups excluding carboxylic acids is 1. The maximum absolute atomic E-state index is 13.7. The molecule has 0 atom stereocenters. The fraction of sp³-hybridized carbons (Fsp3) is 0.0625. The Morgan fingerprint density at radius 3 is 2.62 bits per heavy atom. The van der Waals surface area contributed by atoms with E-state index >= 15 is 0 Å². The molecule has 0 aliphatic heterocycles. The van der Waals surface area contributed by atoms with Crippen LogP contribution >= 0.6 is 11.6 Å². The van der Waals surface area contributed by atoms with E-state index in [0.717, 1.165) is 5.56 Å². The topological polar surface area (TPSA) is 55.1 Å². The second-order valence-corrected chi connectivity index (χ2v) is 4.55. The monoisotopic (exact) mass is 302 g/mol. The Morgan fingerprint density at radius 2 is 1.95 bits per heavy atom. The van der Waals surface area contributed by atoms with E-state index in [0.29, 0.717) is 5.56 Å². The number of halogens is 2. The van der Waals surface area contributed by atoms with E-state index in [4.69, 9.17) is 17.3 Å². The van der Waals surface area contributed by atoms with Crippen molar-refractivity contribution in [2.45, 2.75) is 0 Å². The predicted molar refractivity (Wildman–Crippen MR) is 81.7 cm³/mol. The quantitative estimate of drug-likeness (QED) is 0.838. The first kappa shape index (κ1) is 15.0. The van der Waals surface area contributed by atoms with Gasteiger partial charge in [0.15, 0.2) is 5.82 Å². The molecule has 1 amide bonds. The molecule has 21 heavy (non-hydrogen) atoms. The molecule has 0 spiro atoms. The standard InChI is InChI=1S/C16H12ClFN2O/c17-13-4-1-5-14(15(13)18)20-16(21)12-8-6-11(7-9-12)3-2-10-19/h1,4-9H,10,19H2,(H,20,21). The van der Waals surface area contributed by atoms with Crippen LogP contribution in [0.25, 0.3) is 0 Å². The molecule has 3 nitrogen and oxygen atoms in total. The second-order valence-electron chi connectivity index (χ2n) is 4.14. The summed E-state index contributed by atoms with van der Waals surface area (Å²) in [4.78, 5) is 12.0. The van der Waals surface area contributed by atoms with Crippen LogP contribution in [0.4, 0.5) is 10.1 Å². The van der Waals surface area contributed by atoms with Gasteiger partial charge in [-0.15, -0.1) is 0 Å². The van der Waals surface area contributed by atoms with Crippen molar-refractivity contribution < 1.29 is 9.18 Å². The zero-order valence-electron chi connectivity index (χ0n) is 11.0. The molecule has 106 valence electrons. The Hall–Kier alpha value is -2.35. The van der Waals surface area contributed by atoms with E-state index in [1.807, 2.05) is 0 Å². The van der Waals surface area contributed by atoms with Gasteiger partial charge < -0.3 is 11.1 Å². The first-order valence-electron chi connectivity index (χ1n) is 6.16. The summed E-state index contributed by atoms with van der Waals surface area (Å²) in [7, 11) is 0. The molecule has 0 unspecified atom stereocenters. The SMILES string of the molecule is NCC#Cc1ccc(C(=O)Nc2cccc(Cl)c2F)cc1. The molecule has 0 fully saturated rings. The molecule has 0 saturated heterocycles. The highest BCUT2D eigenvalue weighted by Crippen LogP contribution is 2.22. The molecule has 2 rings (SSSR count). The third kappa shape index (κ3) is 3.82. The molecular formula is C16H12ClFN2O. The van der Waals surface area contributed by atoms with Gasteiger partial charge in [-0.25, -0.2) is 4.39 Å². The minimum atomic E-state index is -0.655. The molecule has 2 aromatic rings. The molecule has 5 heteroatoms.